The number of hydrogen-bond acceptors (Lipinski definition) is 5. The highest BCUT2D eigenvalue weighted by molar-refractivity contribution is 7.13. The molecule has 0 spiro atoms. The van der Waals surface area contributed by atoms with Gasteiger partial charge in [-0.15, -0.1) is 5.10 Å². The molecular formula is C12H14ClN3OS. The van der Waals surface area contributed by atoms with E-state index in [4.69, 9.17) is 16.3 Å². The molecule has 6 heteroatoms. The predicted octanol–water partition coefficient (Wildman–Crippen LogP) is 3.48. The van der Waals surface area contributed by atoms with Crippen molar-refractivity contribution in [3.05, 3.63) is 34.3 Å². The van der Waals surface area contributed by atoms with Gasteiger partial charge in [-0.05, 0) is 24.3 Å². The van der Waals surface area contributed by atoms with Crippen molar-refractivity contribution in [3.8, 4) is 10.9 Å². The van der Waals surface area contributed by atoms with Crippen LogP contribution in [0, 0.1) is 0 Å². The van der Waals surface area contributed by atoms with Gasteiger partial charge in [0, 0.05) is 11.1 Å². The number of ether oxygens (including phenoxy) is 1. The Hall–Kier alpha value is -1.17. The van der Waals surface area contributed by atoms with Crippen LogP contribution in [0.4, 0.5) is 0 Å². The SMILES string of the molecule is CC(C)NCc1nnc(Oc2ccc(Cl)cc2)s1. The molecule has 18 heavy (non-hydrogen) atoms. The highest BCUT2D eigenvalue weighted by Gasteiger charge is 2.06. The fraction of sp³-hybridized carbons (Fsp3) is 0.333. The second-order valence-electron chi connectivity index (χ2n) is 4.05. The van der Waals surface area contributed by atoms with Crippen molar-refractivity contribution in [1.29, 1.82) is 0 Å². The summed E-state index contributed by atoms with van der Waals surface area (Å²) in [6.07, 6.45) is 0. The lowest BCUT2D eigenvalue weighted by molar-refractivity contribution is 0.473. The number of nitrogens with zero attached hydrogens (tertiary/aromatic N) is 2. The quantitative estimate of drug-likeness (QED) is 0.912. The van der Waals surface area contributed by atoms with Crippen molar-refractivity contribution in [2.45, 2.75) is 26.4 Å². The molecule has 4 nitrogen and oxygen atoms in total. The summed E-state index contributed by atoms with van der Waals surface area (Å²) in [6.45, 7) is 4.89. The Morgan fingerprint density at radius 3 is 2.67 bits per heavy atom. The van der Waals surface area contributed by atoms with E-state index in [2.05, 4.69) is 29.4 Å². The second kappa shape index (κ2) is 6.13. The maximum atomic E-state index is 5.80. The van der Waals surface area contributed by atoms with E-state index in [0.717, 1.165) is 5.01 Å². The van der Waals surface area contributed by atoms with Gasteiger partial charge in [0.05, 0.1) is 6.54 Å². The van der Waals surface area contributed by atoms with Crippen molar-refractivity contribution in [2.75, 3.05) is 0 Å². The lowest BCUT2D eigenvalue weighted by Crippen LogP contribution is -2.21. The lowest BCUT2D eigenvalue weighted by atomic mass is 10.3. The molecule has 1 aromatic heterocycles. The van der Waals surface area contributed by atoms with E-state index in [-0.39, 0.29) is 0 Å². The topological polar surface area (TPSA) is 47.0 Å². The molecule has 0 fully saturated rings. The third-order valence-electron chi connectivity index (χ3n) is 2.13. The lowest BCUT2D eigenvalue weighted by Gasteiger charge is -2.03. The summed E-state index contributed by atoms with van der Waals surface area (Å²) in [6, 6.07) is 7.58. The first-order valence-corrected chi connectivity index (χ1v) is 6.82. The maximum absolute atomic E-state index is 5.80. The Labute approximate surface area is 115 Å². The third-order valence-corrected chi connectivity index (χ3v) is 3.18. The molecule has 1 aromatic carbocycles. The monoisotopic (exact) mass is 283 g/mol. The highest BCUT2D eigenvalue weighted by atomic mass is 35.5. The van der Waals surface area contributed by atoms with Gasteiger partial charge < -0.3 is 10.1 Å². The average molecular weight is 284 g/mol. The Kier molecular flexibility index (Phi) is 4.52. The molecular weight excluding hydrogens is 270 g/mol. The van der Waals surface area contributed by atoms with Gasteiger partial charge in [0.25, 0.3) is 5.19 Å². The normalized spacial score (nSPS) is 10.9. The van der Waals surface area contributed by atoms with E-state index >= 15 is 0 Å². The van der Waals surface area contributed by atoms with Crippen LogP contribution in [0.1, 0.15) is 18.9 Å². The molecule has 0 aliphatic heterocycles. The number of benzene rings is 1. The van der Waals surface area contributed by atoms with Crippen LogP contribution in [0.15, 0.2) is 24.3 Å². The third kappa shape index (κ3) is 3.94. The van der Waals surface area contributed by atoms with Crippen molar-refractivity contribution >= 4 is 22.9 Å². The van der Waals surface area contributed by atoms with Gasteiger partial charge in [0.2, 0.25) is 0 Å². The molecule has 0 saturated carbocycles. The molecule has 0 aliphatic rings. The van der Waals surface area contributed by atoms with E-state index in [0.29, 0.717) is 28.6 Å². The molecule has 96 valence electrons. The van der Waals surface area contributed by atoms with Gasteiger partial charge in [0.15, 0.2) is 0 Å². The van der Waals surface area contributed by atoms with Crippen molar-refractivity contribution < 1.29 is 4.74 Å². The minimum absolute atomic E-state index is 0.425. The fourth-order valence-electron chi connectivity index (χ4n) is 1.25. The molecule has 1 heterocycles. The smallest absolute Gasteiger partial charge is 0.299 e. The van der Waals surface area contributed by atoms with E-state index < -0.39 is 0 Å². The number of hydrogen-bond donors (Lipinski definition) is 1. The van der Waals surface area contributed by atoms with Crippen LogP contribution in [-0.2, 0) is 6.54 Å². The molecule has 1 N–H and O–H groups in total. The first kappa shape index (κ1) is 13.3. The zero-order chi connectivity index (χ0) is 13.0. The molecule has 0 bridgehead atoms. The molecule has 0 atom stereocenters. The number of rotatable bonds is 5. The molecule has 0 amide bonds. The summed E-state index contributed by atoms with van der Waals surface area (Å²) in [5, 5.41) is 13.5. The van der Waals surface area contributed by atoms with E-state index in [9.17, 15) is 0 Å². The van der Waals surface area contributed by atoms with Crippen molar-refractivity contribution in [1.82, 2.24) is 15.5 Å². The summed E-state index contributed by atoms with van der Waals surface area (Å²) in [5.41, 5.74) is 0. The second-order valence-corrected chi connectivity index (χ2v) is 5.51. The summed E-state index contributed by atoms with van der Waals surface area (Å²) < 4.78 is 5.58. The van der Waals surface area contributed by atoms with E-state index in [1.165, 1.54) is 11.3 Å². The molecule has 0 radical (unpaired) electrons. The van der Waals surface area contributed by atoms with Gasteiger partial charge in [0.1, 0.15) is 10.8 Å². The zero-order valence-corrected chi connectivity index (χ0v) is 11.8. The minimum Gasteiger partial charge on any atom is -0.430 e. The summed E-state index contributed by atoms with van der Waals surface area (Å²) >= 11 is 7.23. The Morgan fingerprint density at radius 1 is 1.28 bits per heavy atom. The molecule has 2 aromatic rings. The van der Waals surface area contributed by atoms with Crippen LogP contribution < -0.4 is 10.1 Å². The molecule has 0 aliphatic carbocycles. The van der Waals surface area contributed by atoms with Gasteiger partial charge in [-0.25, -0.2) is 0 Å². The Morgan fingerprint density at radius 2 is 2.00 bits per heavy atom. The Balaban J connectivity index is 1.95. The maximum Gasteiger partial charge on any atom is 0.299 e. The van der Waals surface area contributed by atoms with Crippen LogP contribution >= 0.6 is 22.9 Å². The first-order valence-electron chi connectivity index (χ1n) is 5.62. The van der Waals surface area contributed by atoms with Crippen LogP contribution in [0.2, 0.25) is 5.02 Å². The van der Waals surface area contributed by atoms with Crippen molar-refractivity contribution in [2.24, 2.45) is 0 Å². The first-order chi connectivity index (χ1) is 8.63. The van der Waals surface area contributed by atoms with Gasteiger partial charge in [-0.2, -0.15) is 0 Å². The largest absolute Gasteiger partial charge is 0.430 e. The number of halogens is 1. The predicted molar refractivity (Wildman–Crippen MR) is 73.4 cm³/mol. The number of nitrogens with one attached hydrogen (secondary N) is 1. The van der Waals surface area contributed by atoms with Crippen LogP contribution in [-0.4, -0.2) is 16.2 Å². The van der Waals surface area contributed by atoms with Crippen LogP contribution in [0.5, 0.6) is 10.9 Å². The average Bonchev–Trinajstić information content (AvgIpc) is 2.77. The van der Waals surface area contributed by atoms with E-state index in [1.54, 1.807) is 24.3 Å². The standard InChI is InChI=1S/C12H14ClN3OS/c1-8(2)14-7-11-15-16-12(18-11)17-10-5-3-9(13)4-6-10/h3-6,8,14H,7H2,1-2H3. The van der Waals surface area contributed by atoms with Crippen LogP contribution in [0.3, 0.4) is 0 Å². The van der Waals surface area contributed by atoms with Gasteiger partial charge >= 0.3 is 0 Å². The minimum atomic E-state index is 0.425. The summed E-state index contributed by atoms with van der Waals surface area (Å²) in [4.78, 5) is 0. The number of aromatic nitrogens is 2. The van der Waals surface area contributed by atoms with E-state index in [1.807, 2.05) is 0 Å². The molecule has 0 unspecified atom stereocenters. The fourth-order valence-corrected chi connectivity index (χ4v) is 2.03. The highest BCUT2D eigenvalue weighted by Crippen LogP contribution is 2.25. The zero-order valence-electron chi connectivity index (χ0n) is 10.2. The molecule has 2 rings (SSSR count). The van der Waals surface area contributed by atoms with Crippen LogP contribution in [0.25, 0.3) is 0 Å². The molecule has 0 saturated heterocycles. The summed E-state index contributed by atoms with van der Waals surface area (Å²) in [5.74, 6) is 0.707. The Bertz CT molecular complexity index is 498. The van der Waals surface area contributed by atoms with Gasteiger partial charge in [-0.1, -0.05) is 41.9 Å². The van der Waals surface area contributed by atoms with Crippen molar-refractivity contribution in [3.63, 3.8) is 0 Å². The van der Waals surface area contributed by atoms with Gasteiger partial charge in [-0.3, -0.25) is 0 Å². The summed E-state index contributed by atoms with van der Waals surface area (Å²) in [7, 11) is 0.